The molecule has 9 heteroatoms. The number of nitrogens with zero attached hydrogens (tertiary/aromatic N) is 3. The van der Waals surface area contributed by atoms with Crippen molar-refractivity contribution in [3.8, 4) is 11.5 Å². The van der Waals surface area contributed by atoms with E-state index in [9.17, 15) is 10.1 Å². The van der Waals surface area contributed by atoms with E-state index in [1.807, 2.05) is 0 Å². The number of aryl methyl sites for hydroxylation is 1. The first-order valence-corrected chi connectivity index (χ1v) is 6.03. The summed E-state index contributed by atoms with van der Waals surface area (Å²) in [5.74, 6) is 0.582. The molecule has 0 saturated carbocycles. The molecule has 0 amide bonds. The highest BCUT2D eigenvalue weighted by Gasteiger charge is 2.19. The fourth-order valence-electron chi connectivity index (χ4n) is 1.72. The molecule has 0 radical (unpaired) electrons. The van der Waals surface area contributed by atoms with Gasteiger partial charge < -0.3 is 15.2 Å². The lowest BCUT2D eigenvalue weighted by molar-refractivity contribution is -0.385. The van der Waals surface area contributed by atoms with E-state index in [4.69, 9.17) is 15.2 Å². The molecular formula is C12H14N4O5. The minimum atomic E-state index is -0.516. The Kier molecular flexibility index (Phi) is 4.33. The van der Waals surface area contributed by atoms with Gasteiger partial charge in [0.2, 0.25) is 0 Å². The minimum Gasteiger partial charge on any atom is -0.493 e. The highest BCUT2D eigenvalue weighted by Crippen LogP contribution is 2.35. The van der Waals surface area contributed by atoms with Crippen molar-refractivity contribution in [3.63, 3.8) is 0 Å². The van der Waals surface area contributed by atoms with Crippen LogP contribution in [0.4, 0.5) is 5.69 Å². The van der Waals surface area contributed by atoms with Crippen LogP contribution in [-0.2, 0) is 13.2 Å². The number of nitrogens with two attached hydrogens (primary N) is 1. The molecule has 9 nitrogen and oxygen atoms in total. The van der Waals surface area contributed by atoms with Crippen molar-refractivity contribution in [3.05, 3.63) is 39.2 Å². The number of methoxy groups -OCH3 is 1. The van der Waals surface area contributed by atoms with Crippen molar-refractivity contribution in [2.24, 2.45) is 5.73 Å². The second kappa shape index (κ2) is 6.18. The van der Waals surface area contributed by atoms with E-state index in [1.165, 1.54) is 19.2 Å². The quantitative estimate of drug-likeness (QED) is 0.624. The Hall–Kier alpha value is -2.68. The molecule has 0 spiro atoms. The van der Waals surface area contributed by atoms with E-state index in [1.54, 1.807) is 6.92 Å². The molecule has 112 valence electrons. The smallest absolute Gasteiger partial charge is 0.277 e. The van der Waals surface area contributed by atoms with Crippen LogP contribution in [-0.4, -0.2) is 22.3 Å². The number of benzene rings is 1. The van der Waals surface area contributed by atoms with Gasteiger partial charge in [0, 0.05) is 12.1 Å². The van der Waals surface area contributed by atoms with Gasteiger partial charge in [0.05, 0.1) is 18.1 Å². The van der Waals surface area contributed by atoms with Gasteiger partial charge >= 0.3 is 0 Å². The van der Waals surface area contributed by atoms with Crippen LogP contribution in [0.25, 0.3) is 0 Å². The van der Waals surface area contributed by atoms with Crippen molar-refractivity contribution >= 4 is 5.69 Å². The molecule has 0 atom stereocenters. The van der Waals surface area contributed by atoms with Crippen molar-refractivity contribution < 1.29 is 19.0 Å². The van der Waals surface area contributed by atoms with Crippen LogP contribution >= 0.6 is 0 Å². The van der Waals surface area contributed by atoms with Crippen molar-refractivity contribution in [1.82, 2.24) is 10.3 Å². The zero-order valence-corrected chi connectivity index (χ0v) is 11.5. The molecule has 0 bridgehead atoms. The van der Waals surface area contributed by atoms with E-state index >= 15 is 0 Å². The predicted molar refractivity (Wildman–Crippen MR) is 70.9 cm³/mol. The topological polar surface area (TPSA) is 127 Å². The van der Waals surface area contributed by atoms with Crippen LogP contribution in [0, 0.1) is 17.0 Å². The fourth-order valence-corrected chi connectivity index (χ4v) is 1.72. The van der Waals surface area contributed by atoms with Gasteiger partial charge in [-0.1, -0.05) is 10.3 Å². The summed E-state index contributed by atoms with van der Waals surface area (Å²) < 4.78 is 15.2. The van der Waals surface area contributed by atoms with Gasteiger partial charge in [0.1, 0.15) is 18.0 Å². The number of ether oxygens (including phenoxy) is 2. The molecule has 0 fully saturated rings. The second-order valence-electron chi connectivity index (χ2n) is 4.18. The Morgan fingerprint density at radius 2 is 2.14 bits per heavy atom. The van der Waals surface area contributed by atoms with Crippen LogP contribution in [0.15, 0.2) is 16.8 Å². The van der Waals surface area contributed by atoms with Gasteiger partial charge in [-0.05, 0) is 13.0 Å². The molecule has 1 aromatic carbocycles. The maximum absolute atomic E-state index is 11.0. The number of nitro groups is 1. The van der Waals surface area contributed by atoms with Crippen LogP contribution in [0.1, 0.15) is 17.0 Å². The van der Waals surface area contributed by atoms with Gasteiger partial charge in [0.15, 0.2) is 11.5 Å². The lowest BCUT2D eigenvalue weighted by atomic mass is 10.1. The Labute approximate surface area is 119 Å². The Morgan fingerprint density at radius 3 is 2.67 bits per heavy atom. The highest BCUT2D eigenvalue weighted by molar-refractivity contribution is 5.54. The van der Waals surface area contributed by atoms with E-state index in [0.717, 1.165) is 0 Å². The highest BCUT2D eigenvalue weighted by atomic mass is 16.6. The lowest BCUT2D eigenvalue weighted by Crippen LogP contribution is -2.05. The van der Waals surface area contributed by atoms with Crippen LogP contribution in [0.5, 0.6) is 11.5 Å². The van der Waals surface area contributed by atoms with E-state index in [-0.39, 0.29) is 24.6 Å². The van der Waals surface area contributed by atoms with E-state index in [0.29, 0.717) is 22.7 Å². The predicted octanol–water partition coefficient (Wildman–Crippen LogP) is 1.33. The molecular weight excluding hydrogens is 280 g/mol. The molecule has 2 N–H and O–H groups in total. The standard InChI is InChI=1S/C12H14N4O5/c1-7-9(15-21-14-7)6-20-12-4-10(16(17)18)8(5-13)3-11(12)19-2/h3-4H,5-6,13H2,1-2H3. The molecule has 21 heavy (non-hydrogen) atoms. The Balaban J connectivity index is 2.31. The maximum atomic E-state index is 11.0. The Bertz CT molecular complexity index is 655. The first-order valence-electron chi connectivity index (χ1n) is 6.03. The minimum absolute atomic E-state index is 0.0271. The van der Waals surface area contributed by atoms with Gasteiger partial charge in [-0.3, -0.25) is 10.1 Å². The third-order valence-corrected chi connectivity index (χ3v) is 2.89. The summed E-state index contributed by atoms with van der Waals surface area (Å²) in [6, 6.07) is 2.77. The summed E-state index contributed by atoms with van der Waals surface area (Å²) in [5, 5.41) is 18.3. The monoisotopic (exact) mass is 294 g/mol. The molecule has 0 saturated heterocycles. The number of hydrogen-bond acceptors (Lipinski definition) is 8. The summed E-state index contributed by atoms with van der Waals surface area (Å²) in [6.45, 7) is 1.80. The maximum Gasteiger partial charge on any atom is 0.277 e. The molecule has 2 rings (SSSR count). The molecule has 0 aliphatic heterocycles. The van der Waals surface area contributed by atoms with Crippen molar-refractivity contribution in [2.45, 2.75) is 20.1 Å². The average Bonchev–Trinajstić information content (AvgIpc) is 2.89. The van der Waals surface area contributed by atoms with Crippen LogP contribution in [0.2, 0.25) is 0 Å². The number of rotatable bonds is 6. The first kappa shape index (κ1) is 14.7. The SMILES string of the molecule is COc1cc(CN)c([N+](=O)[O-])cc1OCc1nonc1C. The first-order chi connectivity index (χ1) is 10.1. The Morgan fingerprint density at radius 1 is 1.38 bits per heavy atom. The van der Waals surface area contributed by atoms with Gasteiger partial charge in [-0.15, -0.1) is 0 Å². The second-order valence-corrected chi connectivity index (χ2v) is 4.18. The third-order valence-electron chi connectivity index (χ3n) is 2.89. The molecule has 2 aromatic rings. The fraction of sp³-hybridized carbons (Fsp3) is 0.333. The summed E-state index contributed by atoms with van der Waals surface area (Å²) in [4.78, 5) is 10.5. The molecule has 0 aliphatic carbocycles. The number of aromatic nitrogens is 2. The zero-order valence-electron chi connectivity index (χ0n) is 11.5. The van der Waals surface area contributed by atoms with Crippen molar-refractivity contribution in [1.29, 1.82) is 0 Å². The van der Waals surface area contributed by atoms with Gasteiger partial charge in [-0.25, -0.2) is 4.63 Å². The molecule has 0 aliphatic rings. The summed E-state index contributed by atoms with van der Waals surface area (Å²) in [7, 11) is 1.44. The van der Waals surface area contributed by atoms with Gasteiger partial charge in [0.25, 0.3) is 5.69 Å². The molecule has 1 heterocycles. The van der Waals surface area contributed by atoms with E-state index in [2.05, 4.69) is 14.9 Å². The summed E-state index contributed by atoms with van der Waals surface area (Å²) in [5.41, 5.74) is 6.83. The van der Waals surface area contributed by atoms with Crippen LogP contribution in [0.3, 0.4) is 0 Å². The largest absolute Gasteiger partial charge is 0.493 e. The lowest BCUT2D eigenvalue weighted by Gasteiger charge is -2.11. The normalized spacial score (nSPS) is 10.4. The summed E-state index contributed by atoms with van der Waals surface area (Å²) >= 11 is 0. The third kappa shape index (κ3) is 3.08. The van der Waals surface area contributed by atoms with Crippen LogP contribution < -0.4 is 15.2 Å². The molecule has 1 aromatic heterocycles. The average molecular weight is 294 g/mol. The van der Waals surface area contributed by atoms with Crippen molar-refractivity contribution in [2.75, 3.05) is 7.11 Å². The number of hydrogen-bond donors (Lipinski definition) is 1. The molecule has 0 unspecified atom stereocenters. The summed E-state index contributed by atoms with van der Waals surface area (Å²) in [6.07, 6.45) is 0. The number of nitro benzene ring substituents is 1. The zero-order chi connectivity index (χ0) is 15.4. The van der Waals surface area contributed by atoms with E-state index < -0.39 is 4.92 Å². The van der Waals surface area contributed by atoms with Gasteiger partial charge in [-0.2, -0.15) is 0 Å².